The van der Waals surface area contributed by atoms with E-state index in [0.29, 0.717) is 11.4 Å². The van der Waals surface area contributed by atoms with Crippen molar-refractivity contribution in [3.05, 3.63) is 24.4 Å². The predicted octanol–water partition coefficient (Wildman–Crippen LogP) is 1.71. The van der Waals surface area contributed by atoms with Crippen LogP contribution < -0.4 is 5.73 Å². The third-order valence-corrected chi connectivity index (χ3v) is 2.14. The van der Waals surface area contributed by atoms with Gasteiger partial charge in [0.1, 0.15) is 22.8 Å². The van der Waals surface area contributed by atoms with Gasteiger partial charge in [0.25, 0.3) is 0 Å². The minimum absolute atomic E-state index is 0.190. The Morgan fingerprint density at radius 2 is 2.11 bits per heavy atom. The highest BCUT2D eigenvalue weighted by molar-refractivity contribution is 5.75. The number of nitrogens with two attached hydrogens (primary N) is 1. The van der Waals surface area contributed by atoms with Crippen LogP contribution in [0.5, 0.6) is 0 Å². The van der Waals surface area contributed by atoms with Crippen molar-refractivity contribution in [2.24, 2.45) is 0 Å². The second-order valence-corrected chi connectivity index (χ2v) is 4.96. The van der Waals surface area contributed by atoms with Gasteiger partial charge in [-0.2, -0.15) is 10.2 Å². The lowest BCUT2D eigenvalue weighted by Gasteiger charge is -2.19. The zero-order valence-corrected chi connectivity index (χ0v) is 11.0. The maximum Gasteiger partial charge on any atom is 0.437 e. The average Bonchev–Trinajstić information content (AvgIpc) is 2.70. The molecule has 2 rings (SSSR count). The van der Waals surface area contributed by atoms with Crippen molar-refractivity contribution in [1.29, 1.82) is 0 Å². The van der Waals surface area contributed by atoms with E-state index in [1.807, 2.05) is 0 Å². The molecule has 0 unspecified atom stereocenters. The highest BCUT2D eigenvalue weighted by Gasteiger charge is 2.21. The van der Waals surface area contributed by atoms with E-state index in [1.165, 1.54) is 0 Å². The first-order chi connectivity index (χ1) is 8.87. The number of carbonyl (C=O) groups is 1. The van der Waals surface area contributed by atoms with Crippen LogP contribution in [-0.2, 0) is 4.74 Å². The third kappa shape index (κ3) is 3.06. The molecule has 0 bridgehead atoms. The molecule has 0 amide bonds. The zero-order valence-electron chi connectivity index (χ0n) is 11.0. The quantitative estimate of drug-likeness (QED) is 0.839. The molecule has 0 saturated carbocycles. The molecule has 0 spiro atoms. The van der Waals surface area contributed by atoms with Gasteiger partial charge in [-0.3, -0.25) is 0 Å². The molecule has 0 aromatic carbocycles. The average molecular weight is 261 g/mol. The summed E-state index contributed by atoms with van der Waals surface area (Å²) in [6.07, 6.45) is 0.928. The van der Waals surface area contributed by atoms with Gasteiger partial charge in [0.2, 0.25) is 0 Å². The number of hydrogen-bond acceptors (Lipinski definition) is 6. The van der Waals surface area contributed by atoms with Crippen molar-refractivity contribution in [1.82, 2.24) is 20.0 Å². The maximum atomic E-state index is 11.9. The van der Waals surface area contributed by atoms with Crippen LogP contribution in [0.2, 0.25) is 0 Å². The van der Waals surface area contributed by atoms with E-state index in [1.54, 1.807) is 45.2 Å². The first-order valence-corrected chi connectivity index (χ1v) is 5.74. The van der Waals surface area contributed by atoms with E-state index in [0.717, 1.165) is 4.68 Å². The molecule has 0 saturated heterocycles. The number of nitrogens with zero attached hydrogens (tertiary/aromatic N) is 4. The minimum Gasteiger partial charge on any atom is -0.442 e. The number of carbonyl (C=O) groups excluding carboxylic acids is 1. The van der Waals surface area contributed by atoms with Crippen molar-refractivity contribution in [3.8, 4) is 11.4 Å². The third-order valence-electron chi connectivity index (χ3n) is 2.14. The monoisotopic (exact) mass is 261 g/mol. The Kier molecular flexibility index (Phi) is 3.20. The van der Waals surface area contributed by atoms with Crippen molar-refractivity contribution < 1.29 is 9.53 Å². The van der Waals surface area contributed by atoms with Crippen molar-refractivity contribution in [2.45, 2.75) is 26.4 Å². The van der Waals surface area contributed by atoms with Gasteiger partial charge >= 0.3 is 6.09 Å². The Hall–Kier alpha value is -2.44. The summed E-state index contributed by atoms with van der Waals surface area (Å²) in [4.78, 5) is 11.9. The van der Waals surface area contributed by atoms with Crippen molar-refractivity contribution >= 4 is 11.9 Å². The molecular weight excluding hydrogens is 246 g/mol. The number of rotatable bonds is 1. The zero-order chi connectivity index (χ0) is 14.0. The van der Waals surface area contributed by atoms with Gasteiger partial charge < -0.3 is 10.5 Å². The van der Waals surface area contributed by atoms with Crippen LogP contribution in [0.15, 0.2) is 24.4 Å². The lowest BCUT2D eigenvalue weighted by molar-refractivity contribution is 0.0519. The summed E-state index contributed by atoms with van der Waals surface area (Å²) in [7, 11) is 0. The fourth-order valence-electron chi connectivity index (χ4n) is 1.41. The molecular formula is C12H15N5O2. The largest absolute Gasteiger partial charge is 0.442 e. The van der Waals surface area contributed by atoms with E-state index in [-0.39, 0.29) is 5.82 Å². The van der Waals surface area contributed by atoms with Crippen LogP contribution in [0.3, 0.4) is 0 Å². The lowest BCUT2D eigenvalue weighted by Crippen LogP contribution is -2.28. The molecule has 0 fully saturated rings. The fraction of sp³-hybridized carbons (Fsp3) is 0.333. The molecule has 0 atom stereocenters. The van der Waals surface area contributed by atoms with Crippen LogP contribution in [0.4, 0.5) is 10.6 Å². The van der Waals surface area contributed by atoms with Gasteiger partial charge in [0.05, 0.1) is 0 Å². The molecule has 0 aliphatic carbocycles. The maximum absolute atomic E-state index is 11.9. The fourth-order valence-corrected chi connectivity index (χ4v) is 1.41. The van der Waals surface area contributed by atoms with Crippen LogP contribution in [0.25, 0.3) is 11.4 Å². The molecule has 0 aliphatic heterocycles. The van der Waals surface area contributed by atoms with Gasteiger partial charge in [0.15, 0.2) is 0 Å². The van der Waals surface area contributed by atoms with Gasteiger partial charge in [-0.25, -0.2) is 4.79 Å². The molecule has 2 heterocycles. The van der Waals surface area contributed by atoms with E-state index in [4.69, 9.17) is 10.5 Å². The van der Waals surface area contributed by atoms with Crippen molar-refractivity contribution in [3.63, 3.8) is 0 Å². The first kappa shape index (κ1) is 13.0. The number of nitrogen functional groups attached to an aromatic ring is 1. The summed E-state index contributed by atoms with van der Waals surface area (Å²) in [6.45, 7) is 5.32. The summed E-state index contributed by atoms with van der Waals surface area (Å²) in [5, 5.41) is 11.7. The number of ether oxygens (including phenoxy) is 1. The highest BCUT2D eigenvalue weighted by Crippen LogP contribution is 2.18. The molecule has 0 radical (unpaired) electrons. The Morgan fingerprint density at radius 3 is 2.68 bits per heavy atom. The van der Waals surface area contributed by atoms with Gasteiger partial charge in [-0.05, 0) is 32.9 Å². The lowest BCUT2D eigenvalue weighted by atomic mass is 10.2. The van der Waals surface area contributed by atoms with Crippen LogP contribution in [0, 0.1) is 0 Å². The molecule has 19 heavy (non-hydrogen) atoms. The Bertz CT molecular complexity index is 586. The summed E-state index contributed by atoms with van der Waals surface area (Å²) in [5.41, 5.74) is 6.15. The van der Waals surface area contributed by atoms with E-state index < -0.39 is 11.7 Å². The van der Waals surface area contributed by atoms with Gasteiger partial charge in [0, 0.05) is 12.3 Å². The Morgan fingerprint density at radius 1 is 1.37 bits per heavy atom. The van der Waals surface area contributed by atoms with Crippen molar-refractivity contribution in [2.75, 3.05) is 5.73 Å². The summed E-state index contributed by atoms with van der Waals surface area (Å²) in [5.74, 6) is 0.190. The van der Waals surface area contributed by atoms with E-state index in [2.05, 4.69) is 15.3 Å². The molecule has 7 heteroatoms. The number of aromatic nitrogens is 4. The topological polar surface area (TPSA) is 95.9 Å². The predicted molar refractivity (Wildman–Crippen MR) is 69.3 cm³/mol. The minimum atomic E-state index is -0.625. The normalized spacial score (nSPS) is 11.3. The van der Waals surface area contributed by atoms with Crippen LogP contribution in [0.1, 0.15) is 20.8 Å². The summed E-state index contributed by atoms with van der Waals surface area (Å²) >= 11 is 0. The summed E-state index contributed by atoms with van der Waals surface area (Å²) < 4.78 is 6.21. The van der Waals surface area contributed by atoms with E-state index >= 15 is 0 Å². The van der Waals surface area contributed by atoms with Gasteiger partial charge in [-0.15, -0.1) is 9.78 Å². The molecule has 0 aliphatic rings. The standard InChI is InChI=1S/C12H15N5O2/c1-12(2,3)19-11(18)17-10(13)7-9(16-17)8-5-4-6-14-15-8/h4-7H,13H2,1-3H3. The second kappa shape index (κ2) is 4.68. The molecule has 100 valence electrons. The smallest absolute Gasteiger partial charge is 0.437 e. The molecule has 2 aromatic heterocycles. The van der Waals surface area contributed by atoms with E-state index in [9.17, 15) is 4.79 Å². The Labute approximate surface area is 110 Å². The number of anilines is 1. The van der Waals surface area contributed by atoms with Crippen LogP contribution >= 0.6 is 0 Å². The number of hydrogen-bond donors (Lipinski definition) is 1. The molecule has 2 N–H and O–H groups in total. The van der Waals surface area contributed by atoms with Gasteiger partial charge in [-0.1, -0.05) is 0 Å². The molecule has 2 aromatic rings. The molecule has 7 nitrogen and oxygen atoms in total. The Balaban J connectivity index is 2.30. The SMILES string of the molecule is CC(C)(C)OC(=O)n1nc(-c2cccnn2)cc1N. The summed E-state index contributed by atoms with van der Waals surface area (Å²) in [6, 6.07) is 5.01. The highest BCUT2D eigenvalue weighted by atomic mass is 16.6. The van der Waals surface area contributed by atoms with Crippen LogP contribution in [-0.4, -0.2) is 31.7 Å². The second-order valence-electron chi connectivity index (χ2n) is 4.96. The first-order valence-electron chi connectivity index (χ1n) is 5.74.